The number of nitrogens with one attached hydrogen (secondary N) is 1. The van der Waals surface area contributed by atoms with Gasteiger partial charge in [-0.3, -0.25) is 0 Å². The van der Waals surface area contributed by atoms with Crippen LogP contribution in [0.4, 0.5) is 0 Å². The molecule has 1 aliphatic heterocycles. The Kier molecular flexibility index (Phi) is 3.58. The summed E-state index contributed by atoms with van der Waals surface area (Å²) in [7, 11) is -3.24. The van der Waals surface area contributed by atoms with Gasteiger partial charge in [-0.25, -0.2) is 8.42 Å². The molecule has 0 amide bonds. The minimum atomic E-state index is -3.24. The van der Waals surface area contributed by atoms with Crippen LogP contribution in [0.3, 0.4) is 0 Å². The standard InChI is InChI=1S/C11H18N2O2S2/c1-11(2)9-12-5-6-13(17(11,14)15)8-10-4-3-7-16-10/h3-4,7,12H,5-6,8-9H2,1-2H3. The van der Waals surface area contributed by atoms with Gasteiger partial charge in [-0.05, 0) is 25.3 Å². The summed E-state index contributed by atoms with van der Waals surface area (Å²) in [5.74, 6) is 0. The fourth-order valence-electron chi connectivity index (χ4n) is 1.89. The Hall–Kier alpha value is -0.430. The molecule has 4 nitrogen and oxygen atoms in total. The average molecular weight is 274 g/mol. The topological polar surface area (TPSA) is 49.4 Å². The van der Waals surface area contributed by atoms with E-state index in [-0.39, 0.29) is 0 Å². The van der Waals surface area contributed by atoms with Gasteiger partial charge in [0.2, 0.25) is 10.0 Å². The van der Waals surface area contributed by atoms with Crippen molar-refractivity contribution in [2.24, 2.45) is 0 Å². The highest BCUT2D eigenvalue weighted by Gasteiger charge is 2.40. The van der Waals surface area contributed by atoms with Crippen molar-refractivity contribution in [3.8, 4) is 0 Å². The van der Waals surface area contributed by atoms with E-state index in [1.165, 1.54) is 0 Å². The summed E-state index contributed by atoms with van der Waals surface area (Å²) in [4.78, 5) is 1.09. The van der Waals surface area contributed by atoms with E-state index in [4.69, 9.17) is 0 Å². The Morgan fingerprint density at radius 2 is 2.29 bits per heavy atom. The van der Waals surface area contributed by atoms with Crippen LogP contribution in [0.2, 0.25) is 0 Å². The van der Waals surface area contributed by atoms with Crippen molar-refractivity contribution in [1.29, 1.82) is 0 Å². The number of rotatable bonds is 2. The molecule has 0 bridgehead atoms. The van der Waals surface area contributed by atoms with E-state index in [0.717, 1.165) is 4.88 Å². The highest BCUT2D eigenvalue weighted by molar-refractivity contribution is 7.90. The Bertz CT molecular complexity index is 466. The second-order valence-corrected chi connectivity index (χ2v) is 8.46. The van der Waals surface area contributed by atoms with Crippen molar-refractivity contribution in [1.82, 2.24) is 9.62 Å². The Balaban J connectivity index is 2.26. The molecule has 1 aromatic rings. The van der Waals surface area contributed by atoms with Gasteiger partial charge in [-0.1, -0.05) is 6.07 Å². The zero-order valence-electron chi connectivity index (χ0n) is 10.1. The molecule has 0 aliphatic carbocycles. The van der Waals surface area contributed by atoms with Gasteiger partial charge in [-0.2, -0.15) is 4.31 Å². The van der Waals surface area contributed by atoms with Crippen LogP contribution in [-0.4, -0.2) is 37.1 Å². The second-order valence-electron chi connectivity index (χ2n) is 4.85. The summed E-state index contributed by atoms with van der Waals surface area (Å²) in [6, 6.07) is 3.93. The zero-order chi connectivity index (χ0) is 12.5. The van der Waals surface area contributed by atoms with Crippen molar-refractivity contribution in [3.63, 3.8) is 0 Å². The zero-order valence-corrected chi connectivity index (χ0v) is 11.8. The van der Waals surface area contributed by atoms with E-state index < -0.39 is 14.8 Å². The predicted octanol–water partition coefficient (Wildman–Crippen LogP) is 1.26. The SMILES string of the molecule is CC1(C)CNCCN(Cc2cccs2)S1(=O)=O. The Morgan fingerprint density at radius 1 is 1.53 bits per heavy atom. The summed E-state index contributed by atoms with van der Waals surface area (Å²) in [5, 5.41) is 5.16. The molecule has 0 saturated carbocycles. The summed E-state index contributed by atoms with van der Waals surface area (Å²) < 4.78 is 25.8. The van der Waals surface area contributed by atoms with Crippen LogP contribution in [0.5, 0.6) is 0 Å². The maximum absolute atomic E-state index is 12.5. The van der Waals surface area contributed by atoms with Gasteiger partial charge in [0.05, 0.1) is 4.75 Å². The smallest absolute Gasteiger partial charge is 0.220 e. The molecule has 96 valence electrons. The lowest BCUT2D eigenvalue weighted by atomic mass is 10.2. The van der Waals surface area contributed by atoms with Crippen molar-refractivity contribution in [2.75, 3.05) is 19.6 Å². The molecule has 1 aliphatic rings. The fourth-order valence-corrected chi connectivity index (χ4v) is 4.32. The Morgan fingerprint density at radius 3 is 2.94 bits per heavy atom. The van der Waals surface area contributed by atoms with E-state index >= 15 is 0 Å². The summed E-state index contributed by atoms with van der Waals surface area (Å²) in [6.07, 6.45) is 0. The predicted molar refractivity (Wildman–Crippen MR) is 70.6 cm³/mol. The number of nitrogens with zero attached hydrogens (tertiary/aromatic N) is 1. The van der Waals surface area contributed by atoms with Gasteiger partial charge in [0.1, 0.15) is 0 Å². The molecule has 2 rings (SSSR count). The van der Waals surface area contributed by atoms with E-state index in [0.29, 0.717) is 26.2 Å². The van der Waals surface area contributed by atoms with Crippen LogP contribution < -0.4 is 5.32 Å². The molecular formula is C11H18N2O2S2. The van der Waals surface area contributed by atoms with Crippen molar-refractivity contribution >= 4 is 21.4 Å². The lowest BCUT2D eigenvalue weighted by molar-refractivity contribution is 0.410. The molecule has 1 N–H and O–H groups in total. The maximum atomic E-state index is 12.5. The van der Waals surface area contributed by atoms with Crippen LogP contribution >= 0.6 is 11.3 Å². The van der Waals surface area contributed by atoms with Gasteiger partial charge in [0.25, 0.3) is 0 Å². The third-order valence-corrected chi connectivity index (χ3v) is 6.43. The molecule has 0 atom stereocenters. The minimum Gasteiger partial charge on any atom is -0.314 e. The maximum Gasteiger partial charge on any atom is 0.220 e. The van der Waals surface area contributed by atoms with Crippen LogP contribution in [-0.2, 0) is 16.6 Å². The molecule has 1 fully saturated rings. The first-order valence-corrected chi connectivity index (χ1v) is 7.98. The summed E-state index contributed by atoms with van der Waals surface area (Å²) >= 11 is 1.60. The summed E-state index contributed by atoms with van der Waals surface area (Å²) in [5.41, 5.74) is 0. The molecule has 2 heterocycles. The highest BCUT2D eigenvalue weighted by atomic mass is 32.2. The quantitative estimate of drug-likeness (QED) is 0.883. The van der Waals surface area contributed by atoms with Crippen molar-refractivity contribution in [3.05, 3.63) is 22.4 Å². The largest absolute Gasteiger partial charge is 0.314 e. The molecular weight excluding hydrogens is 256 g/mol. The van der Waals surface area contributed by atoms with Crippen molar-refractivity contribution in [2.45, 2.75) is 25.1 Å². The lowest BCUT2D eigenvalue weighted by Crippen LogP contribution is -2.45. The highest BCUT2D eigenvalue weighted by Crippen LogP contribution is 2.24. The average Bonchev–Trinajstić information content (AvgIpc) is 2.71. The second kappa shape index (κ2) is 4.68. The lowest BCUT2D eigenvalue weighted by Gasteiger charge is -2.28. The molecule has 0 spiro atoms. The van der Waals surface area contributed by atoms with E-state index in [9.17, 15) is 8.42 Å². The molecule has 17 heavy (non-hydrogen) atoms. The van der Waals surface area contributed by atoms with Gasteiger partial charge in [0.15, 0.2) is 0 Å². The van der Waals surface area contributed by atoms with E-state index in [1.54, 1.807) is 29.5 Å². The van der Waals surface area contributed by atoms with Crippen molar-refractivity contribution < 1.29 is 8.42 Å². The molecule has 0 radical (unpaired) electrons. The number of hydrogen-bond acceptors (Lipinski definition) is 4. The van der Waals surface area contributed by atoms with Crippen LogP contribution in [0, 0.1) is 0 Å². The first-order valence-electron chi connectivity index (χ1n) is 5.66. The summed E-state index contributed by atoms with van der Waals surface area (Å²) in [6.45, 7) is 5.82. The third kappa shape index (κ3) is 2.54. The number of sulfonamides is 1. The van der Waals surface area contributed by atoms with E-state index in [1.807, 2.05) is 17.5 Å². The minimum absolute atomic E-state index is 0.491. The number of hydrogen-bond donors (Lipinski definition) is 1. The van der Waals surface area contributed by atoms with Crippen LogP contribution in [0.25, 0.3) is 0 Å². The first kappa shape index (κ1) is 13.0. The van der Waals surface area contributed by atoms with Crippen LogP contribution in [0.15, 0.2) is 17.5 Å². The molecule has 1 saturated heterocycles. The molecule has 1 aromatic heterocycles. The van der Waals surface area contributed by atoms with Gasteiger partial charge < -0.3 is 5.32 Å². The fraction of sp³-hybridized carbons (Fsp3) is 0.636. The van der Waals surface area contributed by atoms with Crippen LogP contribution in [0.1, 0.15) is 18.7 Å². The normalized spacial score (nSPS) is 24.4. The Labute approximate surface area is 107 Å². The first-order chi connectivity index (χ1) is 7.93. The molecule has 0 aromatic carbocycles. The number of thiophene rings is 1. The monoisotopic (exact) mass is 274 g/mol. The molecule has 0 unspecified atom stereocenters. The van der Waals surface area contributed by atoms with Gasteiger partial charge in [-0.15, -0.1) is 11.3 Å². The molecule has 6 heteroatoms. The van der Waals surface area contributed by atoms with Gasteiger partial charge in [0, 0.05) is 31.1 Å². The third-order valence-electron chi connectivity index (χ3n) is 3.04. The van der Waals surface area contributed by atoms with E-state index in [2.05, 4.69) is 5.32 Å². The van der Waals surface area contributed by atoms with Gasteiger partial charge >= 0.3 is 0 Å².